The van der Waals surface area contributed by atoms with Gasteiger partial charge in [-0.2, -0.15) is 5.10 Å². The lowest BCUT2D eigenvalue weighted by atomic mass is 9.91. The van der Waals surface area contributed by atoms with E-state index >= 15 is 0 Å². The summed E-state index contributed by atoms with van der Waals surface area (Å²) < 4.78 is 28.8. The first-order valence-corrected chi connectivity index (χ1v) is 7.80. The van der Waals surface area contributed by atoms with Crippen molar-refractivity contribution in [3.05, 3.63) is 47.3 Å². The van der Waals surface area contributed by atoms with Gasteiger partial charge in [0.1, 0.15) is 5.92 Å². The Morgan fingerprint density at radius 2 is 2.04 bits per heavy atom. The van der Waals surface area contributed by atoms with Crippen LogP contribution in [0.2, 0.25) is 0 Å². The van der Waals surface area contributed by atoms with E-state index in [-0.39, 0.29) is 11.6 Å². The van der Waals surface area contributed by atoms with Crippen LogP contribution in [0.4, 0.5) is 14.5 Å². The highest BCUT2D eigenvalue weighted by molar-refractivity contribution is 6.08. The van der Waals surface area contributed by atoms with E-state index in [4.69, 9.17) is 0 Å². The fraction of sp³-hybridized carbons (Fsp3) is 0.353. The molecule has 1 saturated heterocycles. The third-order valence-electron chi connectivity index (χ3n) is 4.52. The van der Waals surface area contributed by atoms with E-state index in [0.717, 1.165) is 11.8 Å². The van der Waals surface area contributed by atoms with Crippen molar-refractivity contribution in [2.45, 2.75) is 12.8 Å². The smallest absolute Gasteiger partial charge is 0.237 e. The second-order valence-corrected chi connectivity index (χ2v) is 6.23. The third-order valence-corrected chi connectivity index (χ3v) is 4.52. The maximum absolute atomic E-state index is 13.8. The minimum Gasteiger partial charge on any atom is -0.344 e. The largest absolute Gasteiger partial charge is 0.344 e. The van der Waals surface area contributed by atoms with Crippen LogP contribution < -0.4 is 5.32 Å². The van der Waals surface area contributed by atoms with Crippen molar-refractivity contribution in [1.29, 1.82) is 0 Å². The Kier molecular flexibility index (Phi) is 4.28. The summed E-state index contributed by atoms with van der Waals surface area (Å²) in [7, 11) is 3.37. The summed E-state index contributed by atoms with van der Waals surface area (Å²) >= 11 is 0. The van der Waals surface area contributed by atoms with Crippen LogP contribution in [-0.4, -0.2) is 40.1 Å². The second-order valence-electron chi connectivity index (χ2n) is 6.23. The number of nitrogens with zero attached hydrogens (tertiary/aromatic N) is 3. The Balaban J connectivity index is 1.90. The molecule has 0 saturated carbocycles. The van der Waals surface area contributed by atoms with Gasteiger partial charge in [-0.3, -0.25) is 14.3 Å². The number of rotatable bonds is 3. The quantitative estimate of drug-likeness (QED) is 0.861. The van der Waals surface area contributed by atoms with E-state index in [1.54, 1.807) is 18.8 Å². The molecule has 1 N–H and O–H groups in total. The molecule has 1 aliphatic heterocycles. The van der Waals surface area contributed by atoms with Gasteiger partial charge in [-0.15, -0.1) is 0 Å². The standard InChI is InChI=1S/C17H18F2N4O2/c1-9-7-13(21-23(9)3)10-8-22(2)17(25)14(10)16(24)20-12-6-4-5-11(18)15(12)19/h4-7,10,14H,8H2,1-3H3,(H,20,24)/t10-,14+/m1/s1. The predicted octanol–water partition coefficient (Wildman–Crippen LogP) is 1.82. The fourth-order valence-corrected chi connectivity index (χ4v) is 3.04. The molecular formula is C17H18F2N4O2. The van der Waals surface area contributed by atoms with Crippen molar-refractivity contribution in [1.82, 2.24) is 14.7 Å². The molecule has 1 aliphatic rings. The number of halogens is 2. The minimum atomic E-state index is -1.15. The van der Waals surface area contributed by atoms with Crippen molar-refractivity contribution in [2.24, 2.45) is 13.0 Å². The molecule has 0 radical (unpaired) electrons. The van der Waals surface area contributed by atoms with Crippen molar-refractivity contribution in [2.75, 3.05) is 18.9 Å². The molecule has 0 bridgehead atoms. The van der Waals surface area contributed by atoms with Crippen molar-refractivity contribution < 1.29 is 18.4 Å². The monoisotopic (exact) mass is 348 g/mol. The van der Waals surface area contributed by atoms with Gasteiger partial charge in [0.25, 0.3) is 0 Å². The highest BCUT2D eigenvalue weighted by Gasteiger charge is 2.45. The van der Waals surface area contributed by atoms with Gasteiger partial charge in [0.2, 0.25) is 11.8 Å². The van der Waals surface area contributed by atoms with Crippen molar-refractivity contribution >= 4 is 17.5 Å². The number of likely N-dealkylation sites (tertiary alicyclic amines) is 1. The molecule has 1 fully saturated rings. The minimum absolute atomic E-state index is 0.289. The van der Waals surface area contributed by atoms with Crippen LogP contribution in [0.25, 0.3) is 0 Å². The first kappa shape index (κ1) is 17.1. The van der Waals surface area contributed by atoms with Crippen LogP contribution in [0.1, 0.15) is 17.3 Å². The Morgan fingerprint density at radius 3 is 2.68 bits per heavy atom. The molecule has 2 heterocycles. The summed E-state index contributed by atoms with van der Waals surface area (Å²) in [6, 6.07) is 5.31. The van der Waals surface area contributed by atoms with Crippen LogP contribution in [0.15, 0.2) is 24.3 Å². The highest BCUT2D eigenvalue weighted by Crippen LogP contribution is 2.33. The summed E-state index contributed by atoms with van der Waals surface area (Å²) in [6.07, 6.45) is 0. The Morgan fingerprint density at radius 1 is 1.32 bits per heavy atom. The second kappa shape index (κ2) is 6.27. The maximum atomic E-state index is 13.8. The lowest BCUT2D eigenvalue weighted by Gasteiger charge is -2.15. The number of benzene rings is 1. The van der Waals surface area contributed by atoms with E-state index in [9.17, 15) is 18.4 Å². The summed E-state index contributed by atoms with van der Waals surface area (Å²) in [6.45, 7) is 2.20. The van der Waals surface area contributed by atoms with E-state index in [2.05, 4.69) is 10.4 Å². The lowest BCUT2D eigenvalue weighted by molar-refractivity contribution is -0.135. The molecule has 25 heavy (non-hydrogen) atoms. The van der Waals surface area contributed by atoms with Gasteiger partial charge < -0.3 is 10.2 Å². The molecular weight excluding hydrogens is 330 g/mol. The molecule has 2 aromatic rings. The Bertz CT molecular complexity index is 830. The highest BCUT2D eigenvalue weighted by atomic mass is 19.2. The SMILES string of the molecule is Cc1cc([C@H]2CN(C)C(=O)[C@@H]2C(=O)Nc2cccc(F)c2F)nn1C. The van der Waals surface area contributed by atoms with Crippen LogP contribution in [0.5, 0.6) is 0 Å². The number of aryl methyl sites for hydroxylation is 2. The summed E-state index contributed by atoms with van der Waals surface area (Å²) in [5.41, 5.74) is 1.23. The first-order valence-electron chi connectivity index (χ1n) is 7.80. The van der Waals surface area contributed by atoms with Crippen LogP contribution >= 0.6 is 0 Å². The summed E-state index contributed by atoms with van der Waals surface area (Å²) in [5, 5.41) is 6.69. The zero-order valence-corrected chi connectivity index (χ0v) is 14.1. The number of amides is 2. The van der Waals surface area contributed by atoms with Gasteiger partial charge in [0.15, 0.2) is 11.6 Å². The molecule has 2 atom stereocenters. The summed E-state index contributed by atoms with van der Waals surface area (Å²) in [5.74, 6) is -4.75. The van der Waals surface area contributed by atoms with Gasteiger partial charge in [-0.25, -0.2) is 8.78 Å². The molecule has 0 spiro atoms. The molecule has 8 heteroatoms. The normalized spacial score (nSPS) is 20.2. The van der Waals surface area contributed by atoms with Crippen LogP contribution in [-0.2, 0) is 16.6 Å². The molecule has 1 aromatic carbocycles. The number of aromatic nitrogens is 2. The third kappa shape index (κ3) is 2.99. The Labute approximate surface area is 143 Å². The van der Waals surface area contributed by atoms with Gasteiger partial charge in [-0.1, -0.05) is 6.07 Å². The number of carbonyl (C=O) groups excluding carboxylic acids is 2. The van der Waals surface area contributed by atoms with Crippen LogP contribution in [0.3, 0.4) is 0 Å². The predicted molar refractivity (Wildman–Crippen MR) is 86.8 cm³/mol. The van der Waals surface area contributed by atoms with E-state index < -0.39 is 29.4 Å². The van der Waals surface area contributed by atoms with E-state index in [1.807, 2.05) is 13.0 Å². The van der Waals surface area contributed by atoms with E-state index in [0.29, 0.717) is 12.2 Å². The van der Waals surface area contributed by atoms with Crippen LogP contribution in [0, 0.1) is 24.5 Å². The lowest BCUT2D eigenvalue weighted by Crippen LogP contribution is -2.33. The summed E-state index contributed by atoms with van der Waals surface area (Å²) in [4.78, 5) is 26.5. The van der Waals surface area contributed by atoms with Crippen molar-refractivity contribution in [3.63, 3.8) is 0 Å². The number of likely N-dealkylation sites (N-methyl/N-ethyl adjacent to an activating group) is 1. The number of carbonyl (C=O) groups is 2. The maximum Gasteiger partial charge on any atom is 0.237 e. The molecule has 3 rings (SSSR count). The molecule has 1 aromatic heterocycles. The van der Waals surface area contributed by atoms with Gasteiger partial charge >= 0.3 is 0 Å². The first-order chi connectivity index (χ1) is 11.8. The number of hydrogen-bond donors (Lipinski definition) is 1. The molecule has 6 nitrogen and oxygen atoms in total. The number of hydrogen-bond acceptors (Lipinski definition) is 3. The number of anilines is 1. The Hall–Kier alpha value is -2.77. The molecule has 0 unspecified atom stereocenters. The van der Waals surface area contributed by atoms with Gasteiger partial charge in [-0.05, 0) is 25.1 Å². The zero-order valence-electron chi connectivity index (χ0n) is 14.1. The van der Waals surface area contributed by atoms with Crippen molar-refractivity contribution in [3.8, 4) is 0 Å². The van der Waals surface area contributed by atoms with Gasteiger partial charge in [0.05, 0.1) is 11.4 Å². The average Bonchev–Trinajstić information content (AvgIpc) is 3.04. The fourth-order valence-electron chi connectivity index (χ4n) is 3.04. The topological polar surface area (TPSA) is 67.2 Å². The molecule has 132 valence electrons. The zero-order chi connectivity index (χ0) is 18.3. The molecule has 0 aliphatic carbocycles. The average molecular weight is 348 g/mol. The van der Waals surface area contributed by atoms with Gasteiger partial charge in [0, 0.05) is 32.3 Å². The molecule has 2 amide bonds. The van der Waals surface area contributed by atoms with E-state index in [1.165, 1.54) is 17.0 Å². The number of nitrogens with one attached hydrogen (secondary N) is 1.